The predicted molar refractivity (Wildman–Crippen MR) is 64.3 cm³/mol. The molecule has 1 aliphatic carbocycles. The van der Waals surface area contributed by atoms with Gasteiger partial charge in [-0.2, -0.15) is 13.2 Å². The number of anilines is 1. The minimum Gasteiger partial charge on any atom is -0.469 e. The summed E-state index contributed by atoms with van der Waals surface area (Å²) in [6.07, 6.45) is -2.77. The zero-order chi connectivity index (χ0) is 14.0. The second-order valence-corrected chi connectivity index (χ2v) is 5.19. The molecular formula is C11H13F3N2O2S. The molecule has 1 saturated carbocycles. The highest BCUT2D eigenvalue weighted by atomic mass is 32.1. The quantitative estimate of drug-likeness (QED) is 0.782. The summed E-state index contributed by atoms with van der Waals surface area (Å²) in [6.45, 7) is -0.997. The standard InChI is InChI=1S/C11H13F3N2O2S/c1-18-9(17)4-7-5-19-10(15-7)16(8-2-3-8)6-11(12,13)14/h5,8H,2-4,6H2,1H3. The monoisotopic (exact) mass is 294 g/mol. The number of nitrogens with zero attached hydrogens (tertiary/aromatic N) is 2. The second-order valence-electron chi connectivity index (χ2n) is 4.35. The van der Waals surface area contributed by atoms with Crippen LogP contribution in [0.4, 0.5) is 18.3 Å². The van der Waals surface area contributed by atoms with Crippen LogP contribution in [0, 0.1) is 0 Å². The fourth-order valence-electron chi connectivity index (χ4n) is 1.66. The summed E-state index contributed by atoms with van der Waals surface area (Å²) in [5, 5.41) is 1.91. The summed E-state index contributed by atoms with van der Waals surface area (Å²) < 4.78 is 42.0. The van der Waals surface area contributed by atoms with E-state index in [4.69, 9.17) is 0 Å². The minimum absolute atomic E-state index is 0.0163. The first kappa shape index (κ1) is 14.1. The molecule has 106 valence electrons. The Kier molecular flexibility index (Phi) is 3.98. The van der Waals surface area contributed by atoms with Gasteiger partial charge in [-0.3, -0.25) is 4.79 Å². The molecule has 1 aromatic rings. The maximum Gasteiger partial charge on any atom is 0.406 e. The number of alkyl halides is 3. The van der Waals surface area contributed by atoms with E-state index in [2.05, 4.69) is 9.72 Å². The summed E-state index contributed by atoms with van der Waals surface area (Å²) in [7, 11) is 1.26. The third kappa shape index (κ3) is 4.09. The van der Waals surface area contributed by atoms with Gasteiger partial charge in [-0.25, -0.2) is 4.98 Å². The number of carbonyl (C=O) groups excluding carboxylic acids is 1. The predicted octanol–water partition coefficient (Wildman–Crippen LogP) is 2.39. The highest BCUT2D eigenvalue weighted by Crippen LogP contribution is 2.35. The van der Waals surface area contributed by atoms with Crippen molar-refractivity contribution >= 4 is 22.4 Å². The first-order valence-electron chi connectivity index (χ1n) is 5.73. The number of carbonyl (C=O) groups is 1. The maximum absolute atomic E-state index is 12.5. The molecule has 0 bridgehead atoms. The Labute approximate surface area is 112 Å². The van der Waals surface area contributed by atoms with Gasteiger partial charge in [0.1, 0.15) is 6.54 Å². The van der Waals surface area contributed by atoms with Crippen LogP contribution in [0.5, 0.6) is 0 Å². The molecule has 4 nitrogen and oxygen atoms in total. The van der Waals surface area contributed by atoms with Gasteiger partial charge in [-0.1, -0.05) is 0 Å². The van der Waals surface area contributed by atoms with Crippen LogP contribution in [-0.2, 0) is 16.0 Å². The van der Waals surface area contributed by atoms with Crippen molar-refractivity contribution in [3.05, 3.63) is 11.1 Å². The van der Waals surface area contributed by atoms with E-state index in [1.165, 1.54) is 12.0 Å². The Morgan fingerprint density at radius 3 is 2.79 bits per heavy atom. The van der Waals surface area contributed by atoms with Crippen molar-refractivity contribution in [2.75, 3.05) is 18.6 Å². The molecule has 0 aromatic carbocycles. The third-order valence-corrected chi connectivity index (χ3v) is 3.60. The molecule has 0 aliphatic heterocycles. The van der Waals surface area contributed by atoms with Crippen molar-refractivity contribution in [2.45, 2.75) is 31.5 Å². The normalized spacial score (nSPS) is 15.4. The number of rotatable bonds is 5. The number of hydrogen-bond donors (Lipinski definition) is 0. The molecule has 1 heterocycles. The first-order chi connectivity index (χ1) is 8.89. The van der Waals surface area contributed by atoms with Crippen molar-refractivity contribution in [3.8, 4) is 0 Å². The molecule has 0 unspecified atom stereocenters. The van der Waals surface area contributed by atoms with Crippen molar-refractivity contribution in [2.24, 2.45) is 0 Å². The van der Waals surface area contributed by atoms with Gasteiger partial charge in [0.15, 0.2) is 5.13 Å². The number of esters is 1. The van der Waals surface area contributed by atoms with Crippen LogP contribution >= 0.6 is 11.3 Å². The van der Waals surface area contributed by atoms with Crippen molar-refractivity contribution in [1.82, 2.24) is 4.98 Å². The Bertz CT molecular complexity index is 457. The Morgan fingerprint density at radius 2 is 2.26 bits per heavy atom. The van der Waals surface area contributed by atoms with Gasteiger partial charge in [0.05, 0.1) is 19.2 Å². The van der Waals surface area contributed by atoms with Crippen LogP contribution in [0.25, 0.3) is 0 Å². The molecule has 8 heteroatoms. The SMILES string of the molecule is COC(=O)Cc1csc(N(CC(F)(F)F)C2CC2)n1. The molecule has 1 aromatic heterocycles. The lowest BCUT2D eigenvalue weighted by Gasteiger charge is -2.22. The molecule has 0 spiro atoms. The van der Waals surface area contributed by atoms with Crippen LogP contribution in [0.3, 0.4) is 0 Å². The molecule has 0 atom stereocenters. The largest absolute Gasteiger partial charge is 0.469 e. The van der Waals surface area contributed by atoms with E-state index >= 15 is 0 Å². The van der Waals surface area contributed by atoms with E-state index in [0.717, 1.165) is 24.2 Å². The van der Waals surface area contributed by atoms with Gasteiger partial charge in [0.2, 0.25) is 0 Å². The number of thiazole rings is 1. The van der Waals surface area contributed by atoms with E-state index in [1.54, 1.807) is 5.38 Å². The van der Waals surface area contributed by atoms with Crippen LogP contribution in [-0.4, -0.2) is 36.8 Å². The smallest absolute Gasteiger partial charge is 0.406 e. The molecule has 0 saturated heterocycles. The van der Waals surface area contributed by atoms with Crippen LogP contribution in [0.1, 0.15) is 18.5 Å². The topological polar surface area (TPSA) is 42.4 Å². The summed E-state index contributed by atoms with van der Waals surface area (Å²) >= 11 is 1.13. The second kappa shape index (κ2) is 5.36. The van der Waals surface area contributed by atoms with Gasteiger partial charge >= 0.3 is 12.1 Å². The summed E-state index contributed by atoms with van der Waals surface area (Å²) in [4.78, 5) is 16.4. The summed E-state index contributed by atoms with van der Waals surface area (Å²) in [5.74, 6) is -0.453. The highest BCUT2D eigenvalue weighted by Gasteiger charge is 2.39. The van der Waals surface area contributed by atoms with E-state index in [0.29, 0.717) is 10.8 Å². The third-order valence-electron chi connectivity index (χ3n) is 2.68. The molecule has 1 fully saturated rings. The number of halogens is 3. The fraction of sp³-hybridized carbons (Fsp3) is 0.636. The molecule has 0 N–H and O–H groups in total. The van der Waals surface area contributed by atoms with Crippen LogP contribution in [0.2, 0.25) is 0 Å². The fourth-order valence-corrected chi connectivity index (χ4v) is 2.56. The summed E-state index contributed by atoms with van der Waals surface area (Å²) in [6, 6.07) is -0.0845. The van der Waals surface area contributed by atoms with E-state index in [1.807, 2.05) is 0 Å². The zero-order valence-corrected chi connectivity index (χ0v) is 11.1. The van der Waals surface area contributed by atoms with Gasteiger partial charge < -0.3 is 9.64 Å². The van der Waals surface area contributed by atoms with E-state index in [-0.39, 0.29) is 12.5 Å². The zero-order valence-electron chi connectivity index (χ0n) is 10.2. The molecule has 2 rings (SSSR count). The number of aromatic nitrogens is 1. The molecule has 0 amide bonds. The number of ether oxygens (including phenoxy) is 1. The lowest BCUT2D eigenvalue weighted by atomic mass is 10.3. The van der Waals surface area contributed by atoms with Crippen molar-refractivity contribution in [1.29, 1.82) is 0 Å². The Balaban J connectivity index is 2.07. The first-order valence-corrected chi connectivity index (χ1v) is 6.61. The number of methoxy groups -OCH3 is 1. The lowest BCUT2D eigenvalue weighted by Crippen LogP contribution is -2.35. The minimum atomic E-state index is -4.25. The molecule has 0 radical (unpaired) electrons. The van der Waals surface area contributed by atoms with Gasteiger partial charge in [-0.15, -0.1) is 11.3 Å². The van der Waals surface area contributed by atoms with E-state index in [9.17, 15) is 18.0 Å². The maximum atomic E-state index is 12.5. The Hall–Kier alpha value is -1.31. The average Bonchev–Trinajstić information content (AvgIpc) is 3.06. The molecular weight excluding hydrogens is 281 g/mol. The molecule has 1 aliphatic rings. The van der Waals surface area contributed by atoms with E-state index < -0.39 is 18.7 Å². The lowest BCUT2D eigenvalue weighted by molar-refractivity contribution is -0.139. The van der Waals surface area contributed by atoms with Crippen LogP contribution < -0.4 is 4.90 Å². The Morgan fingerprint density at radius 1 is 1.58 bits per heavy atom. The van der Waals surface area contributed by atoms with Crippen molar-refractivity contribution in [3.63, 3.8) is 0 Å². The highest BCUT2D eigenvalue weighted by molar-refractivity contribution is 7.13. The van der Waals surface area contributed by atoms with Crippen molar-refractivity contribution < 1.29 is 22.7 Å². The van der Waals surface area contributed by atoms with Gasteiger partial charge in [0.25, 0.3) is 0 Å². The van der Waals surface area contributed by atoms with Gasteiger partial charge in [-0.05, 0) is 12.8 Å². The summed E-state index contributed by atoms with van der Waals surface area (Å²) in [5.41, 5.74) is 0.444. The number of hydrogen-bond acceptors (Lipinski definition) is 5. The van der Waals surface area contributed by atoms with Gasteiger partial charge in [0, 0.05) is 11.4 Å². The molecule has 19 heavy (non-hydrogen) atoms. The van der Waals surface area contributed by atoms with Crippen LogP contribution in [0.15, 0.2) is 5.38 Å². The average molecular weight is 294 g/mol.